The molecule has 1 aliphatic heterocycles. The van der Waals surface area contributed by atoms with E-state index in [1.807, 2.05) is 0 Å². The molecule has 0 spiro atoms. The van der Waals surface area contributed by atoms with Crippen LogP contribution < -0.4 is 0 Å². The second kappa shape index (κ2) is 5.59. The van der Waals surface area contributed by atoms with Crippen molar-refractivity contribution in [1.29, 1.82) is 0 Å². The molecule has 1 aliphatic rings. The van der Waals surface area contributed by atoms with Gasteiger partial charge in [0.1, 0.15) is 11.2 Å². The maximum atomic E-state index is 12.3. The van der Waals surface area contributed by atoms with E-state index in [2.05, 4.69) is 4.18 Å². The fourth-order valence-electron chi connectivity index (χ4n) is 2.47. The van der Waals surface area contributed by atoms with Crippen LogP contribution in [0.1, 0.15) is 40.5 Å². The molecule has 0 aromatic heterocycles. The van der Waals surface area contributed by atoms with Gasteiger partial charge in [-0.2, -0.15) is 13.5 Å². The lowest BCUT2D eigenvalue weighted by Crippen LogP contribution is -2.50. The fourth-order valence-corrected chi connectivity index (χ4v) is 3.20. The zero-order valence-electron chi connectivity index (χ0n) is 12.7. The number of rotatable bonds is 6. The normalized spacial score (nSPS) is 22.5. The standard InChI is InChI=1S/C12H24N2O5S/c1-11(2)10(15)13(12(3,4)14(11)16)8-6-7-9-20(17,18)19-5/h16H,6-9H2,1-5H3. The third-order valence-corrected chi connectivity index (χ3v) is 5.05. The molecule has 0 aliphatic carbocycles. The number of carbonyl (C=O) groups excluding carboxylic acids is 1. The van der Waals surface area contributed by atoms with E-state index in [0.717, 1.165) is 12.2 Å². The van der Waals surface area contributed by atoms with E-state index < -0.39 is 21.3 Å². The van der Waals surface area contributed by atoms with E-state index in [-0.39, 0.29) is 11.7 Å². The van der Waals surface area contributed by atoms with Gasteiger partial charge in [0.05, 0.1) is 12.9 Å². The van der Waals surface area contributed by atoms with Crippen molar-refractivity contribution in [1.82, 2.24) is 9.96 Å². The predicted molar refractivity (Wildman–Crippen MR) is 73.5 cm³/mol. The second-order valence-electron chi connectivity index (χ2n) is 5.96. The van der Waals surface area contributed by atoms with Crippen LogP contribution >= 0.6 is 0 Å². The van der Waals surface area contributed by atoms with E-state index >= 15 is 0 Å². The summed E-state index contributed by atoms with van der Waals surface area (Å²) in [6.45, 7) is 7.22. The molecule has 1 rings (SSSR count). The first-order valence-electron chi connectivity index (χ1n) is 6.56. The monoisotopic (exact) mass is 308 g/mol. The average molecular weight is 308 g/mol. The van der Waals surface area contributed by atoms with Crippen molar-refractivity contribution in [3.63, 3.8) is 0 Å². The summed E-state index contributed by atoms with van der Waals surface area (Å²) in [5.41, 5.74) is -1.77. The molecule has 8 heteroatoms. The van der Waals surface area contributed by atoms with Crippen molar-refractivity contribution in [3.05, 3.63) is 0 Å². The molecule has 1 fully saturated rings. The number of nitrogens with zero attached hydrogens (tertiary/aromatic N) is 2. The Balaban J connectivity index is 2.63. The van der Waals surface area contributed by atoms with Crippen LogP contribution in [0.3, 0.4) is 0 Å². The third kappa shape index (κ3) is 3.13. The van der Waals surface area contributed by atoms with Crippen molar-refractivity contribution in [2.75, 3.05) is 19.4 Å². The number of hydroxylamine groups is 2. The van der Waals surface area contributed by atoms with Crippen molar-refractivity contribution in [2.45, 2.75) is 51.7 Å². The molecule has 0 unspecified atom stereocenters. The van der Waals surface area contributed by atoms with Gasteiger partial charge in [0.15, 0.2) is 0 Å². The minimum Gasteiger partial charge on any atom is -0.321 e. The fraction of sp³-hybridized carbons (Fsp3) is 0.917. The Bertz CT molecular complexity index is 472. The van der Waals surface area contributed by atoms with Gasteiger partial charge in [0, 0.05) is 6.54 Å². The quantitative estimate of drug-likeness (QED) is 0.576. The molecule has 20 heavy (non-hydrogen) atoms. The Morgan fingerprint density at radius 1 is 1.20 bits per heavy atom. The van der Waals surface area contributed by atoms with Gasteiger partial charge < -0.3 is 10.1 Å². The molecule has 0 atom stereocenters. The molecule has 1 heterocycles. The molecule has 1 saturated heterocycles. The highest BCUT2D eigenvalue weighted by molar-refractivity contribution is 7.86. The molecular weight excluding hydrogens is 284 g/mol. The van der Waals surface area contributed by atoms with E-state index in [1.165, 1.54) is 0 Å². The molecule has 118 valence electrons. The van der Waals surface area contributed by atoms with Gasteiger partial charge >= 0.3 is 0 Å². The van der Waals surface area contributed by atoms with Gasteiger partial charge in [-0.1, -0.05) is 0 Å². The molecule has 1 amide bonds. The Morgan fingerprint density at radius 2 is 1.75 bits per heavy atom. The molecule has 0 radical (unpaired) electrons. The lowest BCUT2D eigenvalue weighted by atomic mass is 10.1. The number of hydrogen-bond acceptors (Lipinski definition) is 6. The van der Waals surface area contributed by atoms with Crippen LogP contribution in [0.4, 0.5) is 0 Å². The molecule has 0 aromatic rings. The smallest absolute Gasteiger partial charge is 0.267 e. The maximum absolute atomic E-state index is 12.3. The van der Waals surface area contributed by atoms with Gasteiger partial charge in [0.25, 0.3) is 10.1 Å². The number of unbranched alkanes of at least 4 members (excludes halogenated alkanes) is 1. The van der Waals surface area contributed by atoms with Gasteiger partial charge in [-0.3, -0.25) is 8.98 Å². The van der Waals surface area contributed by atoms with Crippen LogP contribution in [0.5, 0.6) is 0 Å². The van der Waals surface area contributed by atoms with E-state index in [1.54, 1.807) is 32.6 Å². The highest BCUT2D eigenvalue weighted by Gasteiger charge is 2.55. The number of hydrogen-bond donors (Lipinski definition) is 1. The Labute approximate surface area is 120 Å². The summed E-state index contributed by atoms with van der Waals surface area (Å²) in [4.78, 5) is 13.9. The largest absolute Gasteiger partial charge is 0.321 e. The van der Waals surface area contributed by atoms with Crippen LogP contribution in [0.15, 0.2) is 0 Å². The minimum absolute atomic E-state index is 0.0712. The second-order valence-corrected chi connectivity index (χ2v) is 7.81. The van der Waals surface area contributed by atoms with Crippen LogP contribution in [0.25, 0.3) is 0 Å². The Morgan fingerprint density at radius 3 is 2.15 bits per heavy atom. The van der Waals surface area contributed by atoms with Crippen LogP contribution in [-0.2, 0) is 19.1 Å². The van der Waals surface area contributed by atoms with E-state index in [4.69, 9.17) is 0 Å². The maximum Gasteiger partial charge on any atom is 0.267 e. The summed E-state index contributed by atoms with van der Waals surface area (Å²) in [6, 6.07) is 0. The van der Waals surface area contributed by atoms with Crippen LogP contribution in [0, 0.1) is 0 Å². The van der Waals surface area contributed by atoms with Gasteiger partial charge in [-0.15, -0.1) is 0 Å². The lowest BCUT2D eigenvalue weighted by Gasteiger charge is -2.35. The molecular formula is C12H24N2O5S. The van der Waals surface area contributed by atoms with E-state index in [0.29, 0.717) is 19.4 Å². The highest BCUT2D eigenvalue weighted by Crippen LogP contribution is 2.36. The van der Waals surface area contributed by atoms with Crippen molar-refractivity contribution < 1.29 is 22.6 Å². The van der Waals surface area contributed by atoms with Crippen molar-refractivity contribution in [3.8, 4) is 0 Å². The minimum atomic E-state index is -3.45. The summed E-state index contributed by atoms with van der Waals surface area (Å²) in [7, 11) is -2.32. The molecule has 1 N–H and O–H groups in total. The van der Waals surface area contributed by atoms with Crippen molar-refractivity contribution >= 4 is 16.0 Å². The summed E-state index contributed by atoms with van der Waals surface area (Å²) in [6.07, 6.45) is 0.934. The first-order chi connectivity index (χ1) is 8.97. The van der Waals surface area contributed by atoms with E-state index in [9.17, 15) is 18.4 Å². The molecule has 0 bridgehead atoms. The zero-order chi connectivity index (χ0) is 15.8. The SMILES string of the molecule is COS(=O)(=O)CCCCN1C(=O)C(C)(C)N(O)C1(C)C. The summed E-state index contributed by atoms with van der Waals surface area (Å²) in [5, 5.41) is 11.2. The van der Waals surface area contributed by atoms with Crippen LogP contribution in [-0.4, -0.2) is 60.1 Å². The van der Waals surface area contributed by atoms with Crippen LogP contribution in [0.2, 0.25) is 0 Å². The molecule has 0 aromatic carbocycles. The Hall–Kier alpha value is -0.700. The molecule has 0 saturated carbocycles. The highest BCUT2D eigenvalue weighted by atomic mass is 32.2. The molecule has 7 nitrogen and oxygen atoms in total. The van der Waals surface area contributed by atoms with Gasteiger partial charge in [0.2, 0.25) is 5.91 Å². The predicted octanol–water partition coefficient (Wildman–Crippen LogP) is 0.791. The zero-order valence-corrected chi connectivity index (χ0v) is 13.5. The number of carbonyl (C=O) groups is 1. The summed E-state index contributed by atoms with van der Waals surface area (Å²) in [5.74, 6) is -0.238. The average Bonchev–Trinajstić information content (AvgIpc) is 2.46. The lowest BCUT2D eigenvalue weighted by molar-refractivity contribution is -0.209. The summed E-state index contributed by atoms with van der Waals surface area (Å²) < 4.78 is 26.7. The number of amides is 1. The third-order valence-electron chi connectivity index (χ3n) is 3.76. The summed E-state index contributed by atoms with van der Waals surface area (Å²) >= 11 is 0. The van der Waals surface area contributed by atoms with Crippen molar-refractivity contribution in [2.24, 2.45) is 0 Å². The first kappa shape index (κ1) is 17.4. The first-order valence-corrected chi connectivity index (χ1v) is 8.14. The van der Waals surface area contributed by atoms with Gasteiger partial charge in [-0.05, 0) is 40.5 Å². The Kier molecular flexibility index (Phi) is 4.85. The topological polar surface area (TPSA) is 87.2 Å². The van der Waals surface area contributed by atoms with Gasteiger partial charge in [-0.25, -0.2) is 0 Å².